The third-order valence-electron chi connectivity index (χ3n) is 4.00. The van der Waals surface area contributed by atoms with Gasteiger partial charge in [-0.05, 0) is 24.3 Å². The van der Waals surface area contributed by atoms with Crippen LogP contribution in [0.4, 0.5) is 0 Å². The number of fused-ring (bicyclic) bond motifs is 3. The monoisotopic (exact) mass is 355 g/mol. The SMILES string of the molecule is O=Cc1ncn2c1CN=C(c1ccccc1Cl)c1cc(Cl)ccc1-2. The van der Waals surface area contributed by atoms with E-state index in [0.29, 0.717) is 22.3 Å². The summed E-state index contributed by atoms with van der Waals surface area (Å²) in [7, 11) is 0. The molecule has 0 saturated carbocycles. The molecule has 1 aliphatic rings. The molecule has 2 heterocycles. The second-order valence-corrected chi connectivity index (χ2v) is 6.21. The zero-order valence-corrected chi connectivity index (χ0v) is 13.9. The first-order valence-electron chi connectivity index (χ1n) is 7.30. The number of aromatic nitrogens is 2. The van der Waals surface area contributed by atoms with Gasteiger partial charge in [0.05, 0.1) is 23.6 Å². The Morgan fingerprint density at radius 3 is 2.71 bits per heavy atom. The van der Waals surface area contributed by atoms with Gasteiger partial charge in [-0.2, -0.15) is 0 Å². The van der Waals surface area contributed by atoms with Crippen molar-refractivity contribution in [3.8, 4) is 5.69 Å². The van der Waals surface area contributed by atoms with Gasteiger partial charge in [-0.15, -0.1) is 0 Å². The quantitative estimate of drug-likeness (QED) is 0.641. The minimum atomic E-state index is 0.334. The van der Waals surface area contributed by atoms with Gasteiger partial charge in [-0.25, -0.2) is 4.98 Å². The maximum atomic E-state index is 11.3. The summed E-state index contributed by atoms with van der Waals surface area (Å²) in [5, 5.41) is 1.22. The number of halogens is 2. The fraction of sp³-hybridized carbons (Fsp3) is 0.0556. The van der Waals surface area contributed by atoms with Crippen molar-refractivity contribution in [2.45, 2.75) is 6.54 Å². The number of carbonyl (C=O) groups excluding carboxylic acids is 1. The van der Waals surface area contributed by atoms with E-state index in [1.54, 1.807) is 12.4 Å². The van der Waals surface area contributed by atoms with Crippen molar-refractivity contribution in [1.82, 2.24) is 9.55 Å². The van der Waals surface area contributed by atoms with Gasteiger partial charge in [0.15, 0.2) is 6.29 Å². The third kappa shape index (κ3) is 2.35. The number of carbonyl (C=O) groups is 1. The number of benzene rings is 2. The van der Waals surface area contributed by atoms with Gasteiger partial charge in [-0.3, -0.25) is 14.4 Å². The van der Waals surface area contributed by atoms with E-state index in [1.165, 1.54) is 0 Å². The number of aliphatic imine (C=N–C) groups is 1. The number of nitrogens with zero attached hydrogens (tertiary/aromatic N) is 3. The Morgan fingerprint density at radius 2 is 1.92 bits per heavy atom. The molecule has 0 radical (unpaired) electrons. The van der Waals surface area contributed by atoms with Crippen molar-refractivity contribution in [1.29, 1.82) is 0 Å². The van der Waals surface area contributed by atoms with Gasteiger partial charge >= 0.3 is 0 Å². The summed E-state index contributed by atoms with van der Waals surface area (Å²) in [4.78, 5) is 20.1. The molecule has 0 aliphatic carbocycles. The van der Waals surface area contributed by atoms with Gasteiger partial charge in [0.25, 0.3) is 0 Å². The van der Waals surface area contributed by atoms with E-state index in [1.807, 2.05) is 41.0 Å². The van der Waals surface area contributed by atoms with Crippen molar-refractivity contribution in [2.75, 3.05) is 0 Å². The molecular formula is C18H11Cl2N3O. The van der Waals surface area contributed by atoms with E-state index in [4.69, 9.17) is 28.2 Å². The lowest BCUT2D eigenvalue weighted by molar-refractivity contribution is 0.111. The van der Waals surface area contributed by atoms with Crippen LogP contribution in [0.15, 0.2) is 53.8 Å². The molecule has 4 rings (SSSR count). The molecule has 0 unspecified atom stereocenters. The molecule has 0 spiro atoms. The van der Waals surface area contributed by atoms with Crippen LogP contribution < -0.4 is 0 Å². The first-order chi connectivity index (χ1) is 11.7. The van der Waals surface area contributed by atoms with Crippen LogP contribution in [0.1, 0.15) is 27.3 Å². The van der Waals surface area contributed by atoms with Crippen LogP contribution in [0.3, 0.4) is 0 Å². The number of hydrogen-bond donors (Lipinski definition) is 0. The second-order valence-electron chi connectivity index (χ2n) is 5.37. The summed E-state index contributed by atoms with van der Waals surface area (Å²) in [6.07, 6.45) is 2.38. The lowest BCUT2D eigenvalue weighted by Gasteiger charge is -2.13. The minimum Gasteiger partial charge on any atom is -0.300 e. The Balaban J connectivity index is 2.02. The lowest BCUT2D eigenvalue weighted by Crippen LogP contribution is -2.07. The molecule has 118 valence electrons. The fourth-order valence-corrected chi connectivity index (χ4v) is 3.28. The third-order valence-corrected chi connectivity index (χ3v) is 4.56. The van der Waals surface area contributed by atoms with Crippen molar-refractivity contribution in [2.24, 2.45) is 4.99 Å². The maximum Gasteiger partial charge on any atom is 0.170 e. The van der Waals surface area contributed by atoms with Crippen molar-refractivity contribution >= 4 is 35.2 Å². The largest absolute Gasteiger partial charge is 0.300 e. The van der Waals surface area contributed by atoms with Crippen LogP contribution >= 0.6 is 23.2 Å². The molecule has 4 nitrogen and oxygen atoms in total. The fourth-order valence-electron chi connectivity index (χ4n) is 2.88. The maximum absolute atomic E-state index is 11.3. The first kappa shape index (κ1) is 15.1. The molecule has 0 saturated heterocycles. The van der Waals surface area contributed by atoms with Crippen molar-refractivity contribution in [3.63, 3.8) is 0 Å². The topological polar surface area (TPSA) is 47.2 Å². The normalized spacial score (nSPS) is 12.8. The van der Waals surface area contributed by atoms with Crippen LogP contribution in [-0.2, 0) is 6.54 Å². The predicted molar refractivity (Wildman–Crippen MR) is 94.8 cm³/mol. The highest BCUT2D eigenvalue weighted by Crippen LogP contribution is 2.30. The average molecular weight is 356 g/mol. The minimum absolute atomic E-state index is 0.334. The predicted octanol–water partition coefficient (Wildman–Crippen LogP) is 4.34. The molecule has 0 N–H and O–H groups in total. The summed E-state index contributed by atoms with van der Waals surface area (Å²) in [5.41, 5.74) is 4.43. The average Bonchev–Trinajstić information content (AvgIpc) is 2.92. The van der Waals surface area contributed by atoms with Crippen LogP contribution in [-0.4, -0.2) is 21.5 Å². The summed E-state index contributed by atoms with van der Waals surface area (Å²) in [6.45, 7) is 0.334. The molecule has 0 bridgehead atoms. The Hall–Kier alpha value is -2.43. The summed E-state index contributed by atoms with van der Waals surface area (Å²) in [5.74, 6) is 0. The van der Waals surface area contributed by atoms with E-state index in [0.717, 1.165) is 34.5 Å². The van der Waals surface area contributed by atoms with Gasteiger partial charge in [0.2, 0.25) is 0 Å². The van der Waals surface area contributed by atoms with Gasteiger partial charge in [-0.1, -0.05) is 41.4 Å². The van der Waals surface area contributed by atoms with Gasteiger partial charge < -0.3 is 0 Å². The lowest BCUT2D eigenvalue weighted by atomic mass is 10.0. The highest BCUT2D eigenvalue weighted by atomic mass is 35.5. The summed E-state index contributed by atoms with van der Waals surface area (Å²) < 4.78 is 1.88. The Morgan fingerprint density at radius 1 is 1.08 bits per heavy atom. The zero-order valence-electron chi connectivity index (χ0n) is 12.4. The Bertz CT molecular complexity index is 992. The zero-order chi connectivity index (χ0) is 16.7. The molecule has 0 atom stereocenters. The number of imidazole rings is 1. The molecule has 1 aromatic heterocycles. The Kier molecular flexibility index (Phi) is 3.71. The first-order valence-corrected chi connectivity index (χ1v) is 8.05. The Labute approximate surface area is 148 Å². The van der Waals surface area contributed by atoms with Crippen LogP contribution in [0, 0.1) is 0 Å². The number of rotatable bonds is 2. The standard InChI is InChI=1S/C18H11Cl2N3O/c19-11-5-6-16-13(7-11)18(12-3-1-2-4-14(12)20)21-8-17-15(9-24)22-10-23(16)17/h1-7,9-10H,8H2. The molecule has 6 heteroatoms. The molecule has 24 heavy (non-hydrogen) atoms. The van der Waals surface area contributed by atoms with E-state index in [-0.39, 0.29) is 0 Å². The second kappa shape index (κ2) is 5.89. The summed E-state index contributed by atoms with van der Waals surface area (Å²) in [6, 6.07) is 13.1. The van der Waals surface area contributed by atoms with Crippen molar-refractivity contribution in [3.05, 3.63) is 81.4 Å². The summed E-state index contributed by atoms with van der Waals surface area (Å²) >= 11 is 12.6. The highest BCUT2D eigenvalue weighted by Gasteiger charge is 2.22. The van der Waals surface area contributed by atoms with E-state index in [2.05, 4.69) is 4.98 Å². The molecule has 3 aromatic rings. The van der Waals surface area contributed by atoms with Crippen molar-refractivity contribution < 1.29 is 4.79 Å². The van der Waals surface area contributed by atoms with Crippen LogP contribution in [0.2, 0.25) is 10.0 Å². The van der Waals surface area contributed by atoms with E-state index in [9.17, 15) is 4.79 Å². The van der Waals surface area contributed by atoms with Crippen LogP contribution in [0.25, 0.3) is 5.69 Å². The van der Waals surface area contributed by atoms with E-state index < -0.39 is 0 Å². The number of hydrogen-bond acceptors (Lipinski definition) is 3. The van der Waals surface area contributed by atoms with E-state index >= 15 is 0 Å². The molecule has 0 amide bonds. The number of aldehydes is 1. The van der Waals surface area contributed by atoms with Gasteiger partial charge in [0.1, 0.15) is 12.0 Å². The molecule has 0 fully saturated rings. The molecule has 1 aliphatic heterocycles. The molecule has 2 aromatic carbocycles. The highest BCUT2D eigenvalue weighted by molar-refractivity contribution is 6.36. The smallest absolute Gasteiger partial charge is 0.170 e. The van der Waals surface area contributed by atoms with Crippen LogP contribution in [0.5, 0.6) is 0 Å². The van der Waals surface area contributed by atoms with Gasteiger partial charge in [0, 0.05) is 21.2 Å². The molecular weight excluding hydrogens is 345 g/mol.